The van der Waals surface area contributed by atoms with Crippen LogP contribution in [0.5, 0.6) is 0 Å². The molecule has 5 heterocycles. The van der Waals surface area contributed by atoms with Crippen LogP contribution in [0.3, 0.4) is 0 Å². The number of nitrogens with one attached hydrogen (secondary N) is 1. The number of anilines is 2. The standard InChI is InChI=1S/C28H34FN9/c1-3-36-10-12-37(13-11-36)17-20-8-9-24(30-15-20)34-28-31-16-23(29)26(35-28)25-22-14-19(2)38(21-6-4-5-7-21)27(22)33-18-32-25/h8-9,14-16,18,21H,3-7,10-13,17H2,1-2H3,(H,30,31,34,35). The van der Waals surface area contributed by atoms with E-state index in [2.05, 4.69) is 64.5 Å². The van der Waals surface area contributed by atoms with E-state index in [0.29, 0.717) is 17.6 Å². The lowest BCUT2D eigenvalue weighted by atomic mass is 10.2. The van der Waals surface area contributed by atoms with E-state index in [4.69, 9.17) is 0 Å². The zero-order chi connectivity index (χ0) is 26.1. The zero-order valence-electron chi connectivity index (χ0n) is 22.1. The molecule has 0 spiro atoms. The van der Waals surface area contributed by atoms with Crippen LogP contribution in [0.25, 0.3) is 22.4 Å². The Labute approximate surface area is 222 Å². The van der Waals surface area contributed by atoms with Crippen LogP contribution in [0.15, 0.2) is 36.9 Å². The molecule has 1 N–H and O–H groups in total. The topological polar surface area (TPSA) is 87.9 Å². The number of aryl methyl sites for hydroxylation is 1. The maximum atomic E-state index is 15.0. The summed E-state index contributed by atoms with van der Waals surface area (Å²) in [5.41, 5.74) is 3.73. The van der Waals surface area contributed by atoms with Crippen LogP contribution >= 0.6 is 0 Å². The number of piperazine rings is 1. The maximum Gasteiger partial charge on any atom is 0.229 e. The maximum absolute atomic E-state index is 15.0. The van der Waals surface area contributed by atoms with E-state index in [1.807, 2.05) is 18.3 Å². The summed E-state index contributed by atoms with van der Waals surface area (Å²) in [7, 11) is 0. The number of aromatic nitrogens is 6. The van der Waals surface area contributed by atoms with Gasteiger partial charge in [0.1, 0.15) is 29.2 Å². The summed E-state index contributed by atoms with van der Waals surface area (Å²) in [5.74, 6) is 0.363. The molecule has 4 aromatic rings. The first-order valence-electron chi connectivity index (χ1n) is 13.6. The second-order valence-corrected chi connectivity index (χ2v) is 10.3. The van der Waals surface area contributed by atoms with Gasteiger partial charge in [-0.05, 0) is 44.0 Å². The first-order valence-corrected chi connectivity index (χ1v) is 13.6. The molecular weight excluding hydrogens is 481 g/mol. The number of hydrogen-bond acceptors (Lipinski definition) is 8. The highest BCUT2D eigenvalue weighted by molar-refractivity contribution is 5.91. The molecule has 1 saturated heterocycles. The molecule has 2 aliphatic rings. The Balaban J connectivity index is 1.21. The van der Waals surface area contributed by atoms with Crippen LogP contribution in [-0.2, 0) is 6.54 Å². The number of nitrogens with zero attached hydrogens (tertiary/aromatic N) is 8. The molecule has 0 aromatic carbocycles. The van der Waals surface area contributed by atoms with Crippen molar-refractivity contribution in [3.8, 4) is 11.4 Å². The highest BCUT2D eigenvalue weighted by Crippen LogP contribution is 2.36. The minimum Gasteiger partial charge on any atom is -0.327 e. The molecule has 0 atom stereocenters. The van der Waals surface area contributed by atoms with Crippen LogP contribution in [0.1, 0.15) is 49.9 Å². The molecule has 1 saturated carbocycles. The molecule has 1 aliphatic carbocycles. The molecule has 0 amide bonds. The van der Waals surface area contributed by atoms with Gasteiger partial charge in [-0.1, -0.05) is 25.8 Å². The molecule has 4 aromatic heterocycles. The van der Waals surface area contributed by atoms with E-state index < -0.39 is 5.82 Å². The number of fused-ring (bicyclic) bond motifs is 1. The molecule has 9 nitrogen and oxygen atoms in total. The Kier molecular flexibility index (Phi) is 6.99. The minimum atomic E-state index is -0.520. The Bertz CT molecular complexity index is 1400. The van der Waals surface area contributed by atoms with Crippen LogP contribution in [0, 0.1) is 12.7 Å². The van der Waals surface area contributed by atoms with Gasteiger partial charge in [0.05, 0.1) is 6.20 Å². The molecule has 0 bridgehead atoms. The van der Waals surface area contributed by atoms with Crippen LogP contribution in [-0.4, -0.2) is 72.0 Å². The lowest BCUT2D eigenvalue weighted by molar-refractivity contribution is 0.132. The third kappa shape index (κ3) is 4.98. The first kappa shape index (κ1) is 24.8. The van der Waals surface area contributed by atoms with E-state index in [-0.39, 0.29) is 11.6 Å². The summed E-state index contributed by atoms with van der Waals surface area (Å²) in [6, 6.07) is 6.45. The first-order chi connectivity index (χ1) is 18.6. The number of rotatable bonds is 7. The lowest BCUT2D eigenvalue weighted by Gasteiger charge is -2.33. The third-order valence-corrected chi connectivity index (χ3v) is 7.87. The van der Waals surface area contributed by atoms with E-state index in [1.54, 1.807) is 0 Å². The van der Waals surface area contributed by atoms with Crippen molar-refractivity contribution in [2.45, 2.75) is 52.1 Å². The second-order valence-electron chi connectivity index (χ2n) is 10.3. The van der Waals surface area contributed by atoms with Gasteiger partial charge in [-0.2, -0.15) is 0 Å². The number of pyridine rings is 1. The van der Waals surface area contributed by atoms with Gasteiger partial charge in [0.15, 0.2) is 5.82 Å². The Hall–Kier alpha value is -3.50. The molecule has 0 radical (unpaired) electrons. The fourth-order valence-corrected chi connectivity index (χ4v) is 5.79. The van der Waals surface area contributed by atoms with Crippen LogP contribution < -0.4 is 5.32 Å². The van der Waals surface area contributed by atoms with Crippen LogP contribution in [0.4, 0.5) is 16.2 Å². The van der Waals surface area contributed by atoms with Crippen molar-refractivity contribution in [3.05, 3.63) is 54.0 Å². The summed E-state index contributed by atoms with van der Waals surface area (Å²) in [6.07, 6.45) is 9.29. The van der Waals surface area contributed by atoms with Crippen molar-refractivity contribution in [1.82, 2.24) is 39.3 Å². The summed E-state index contributed by atoms with van der Waals surface area (Å²) in [4.78, 5) is 27.1. The lowest BCUT2D eigenvalue weighted by Crippen LogP contribution is -2.45. The fourth-order valence-electron chi connectivity index (χ4n) is 5.79. The van der Waals surface area contributed by atoms with Gasteiger partial charge in [-0.15, -0.1) is 0 Å². The summed E-state index contributed by atoms with van der Waals surface area (Å²) in [6.45, 7) is 10.6. The molecule has 2 fully saturated rings. The molecule has 198 valence electrons. The molecule has 10 heteroatoms. The van der Waals surface area contributed by atoms with E-state index in [0.717, 1.165) is 74.4 Å². The average molecular weight is 516 g/mol. The van der Waals surface area contributed by atoms with E-state index in [1.165, 1.54) is 25.4 Å². The van der Waals surface area contributed by atoms with Crippen molar-refractivity contribution < 1.29 is 4.39 Å². The summed E-state index contributed by atoms with van der Waals surface area (Å²) >= 11 is 0. The highest BCUT2D eigenvalue weighted by Gasteiger charge is 2.24. The molecule has 1 aliphatic heterocycles. The fraction of sp³-hybridized carbons (Fsp3) is 0.464. The molecular formula is C28H34FN9. The molecule has 6 rings (SSSR count). The van der Waals surface area contributed by atoms with Gasteiger partial charge < -0.3 is 14.8 Å². The van der Waals surface area contributed by atoms with Crippen LogP contribution in [0.2, 0.25) is 0 Å². The monoisotopic (exact) mass is 515 g/mol. The van der Waals surface area contributed by atoms with Gasteiger partial charge in [0.25, 0.3) is 0 Å². The quantitative estimate of drug-likeness (QED) is 0.378. The Morgan fingerprint density at radius 2 is 1.74 bits per heavy atom. The summed E-state index contributed by atoms with van der Waals surface area (Å²) < 4.78 is 17.3. The minimum absolute atomic E-state index is 0.154. The van der Waals surface area contributed by atoms with Crippen molar-refractivity contribution in [3.63, 3.8) is 0 Å². The van der Waals surface area contributed by atoms with Gasteiger partial charge >= 0.3 is 0 Å². The largest absolute Gasteiger partial charge is 0.327 e. The molecule has 38 heavy (non-hydrogen) atoms. The highest BCUT2D eigenvalue weighted by atomic mass is 19.1. The predicted octanol–water partition coefficient (Wildman–Crippen LogP) is 4.73. The number of halogens is 1. The van der Waals surface area contributed by atoms with E-state index in [9.17, 15) is 0 Å². The van der Waals surface area contributed by atoms with E-state index >= 15 is 4.39 Å². The van der Waals surface area contributed by atoms with Gasteiger partial charge in [0, 0.05) is 56.0 Å². The second kappa shape index (κ2) is 10.7. The zero-order valence-corrected chi connectivity index (χ0v) is 22.1. The SMILES string of the molecule is CCN1CCN(Cc2ccc(Nc3ncc(F)c(-c4ncnc5c4cc(C)n5C4CCCC4)n3)nc2)CC1. The van der Waals surface area contributed by atoms with Gasteiger partial charge in [-0.3, -0.25) is 4.90 Å². The van der Waals surface area contributed by atoms with Crippen molar-refractivity contribution in [1.29, 1.82) is 0 Å². The normalized spacial score (nSPS) is 17.4. The number of hydrogen-bond donors (Lipinski definition) is 1. The van der Waals surface area contributed by atoms with Crippen molar-refractivity contribution in [2.75, 3.05) is 38.0 Å². The summed E-state index contributed by atoms with van der Waals surface area (Å²) in [5, 5.41) is 3.93. The average Bonchev–Trinajstić information content (AvgIpc) is 3.58. The smallest absolute Gasteiger partial charge is 0.229 e. The van der Waals surface area contributed by atoms with Crippen molar-refractivity contribution >= 4 is 22.8 Å². The van der Waals surface area contributed by atoms with Crippen molar-refractivity contribution in [2.24, 2.45) is 0 Å². The predicted molar refractivity (Wildman–Crippen MR) is 146 cm³/mol. The van der Waals surface area contributed by atoms with Gasteiger partial charge in [0.2, 0.25) is 5.95 Å². The molecule has 0 unspecified atom stereocenters. The third-order valence-electron chi connectivity index (χ3n) is 7.87. The number of likely N-dealkylation sites (N-methyl/N-ethyl adjacent to an activating group) is 1. The Morgan fingerprint density at radius 3 is 2.47 bits per heavy atom. The van der Waals surface area contributed by atoms with Gasteiger partial charge in [-0.25, -0.2) is 29.3 Å². The Morgan fingerprint density at radius 1 is 0.947 bits per heavy atom.